The second kappa shape index (κ2) is 7.70. The fourth-order valence-corrected chi connectivity index (χ4v) is 2.60. The summed E-state index contributed by atoms with van der Waals surface area (Å²) in [6.45, 7) is 4.14. The molecule has 5 heteroatoms. The maximum Gasteiger partial charge on any atom is 0.291 e. The van der Waals surface area contributed by atoms with Crippen molar-refractivity contribution in [2.24, 2.45) is 0 Å². The van der Waals surface area contributed by atoms with Crippen molar-refractivity contribution >= 4 is 11.6 Å². The maximum atomic E-state index is 12.3. The third-order valence-corrected chi connectivity index (χ3v) is 3.74. The van der Waals surface area contributed by atoms with Gasteiger partial charge >= 0.3 is 0 Å². The number of carbonyl (C=O) groups excluding carboxylic acids is 1. The van der Waals surface area contributed by atoms with Gasteiger partial charge in [-0.3, -0.25) is 9.59 Å². The molecule has 1 amide bonds. The standard InChI is InChI=1S/C21H19NO4/c1-14-8-15(2)10-17(9-14)22-21(24)19-11-18(23)20(13-26-19)25-12-16-6-4-3-5-7-16/h3-11,13H,12H2,1-2H3,(H,22,24). The predicted octanol–water partition coefficient (Wildman–Crippen LogP) is 4.09. The second-order valence-electron chi connectivity index (χ2n) is 6.08. The summed E-state index contributed by atoms with van der Waals surface area (Å²) in [7, 11) is 0. The van der Waals surface area contributed by atoms with Crippen molar-refractivity contribution in [3.8, 4) is 5.75 Å². The summed E-state index contributed by atoms with van der Waals surface area (Å²) >= 11 is 0. The first-order valence-electron chi connectivity index (χ1n) is 8.20. The van der Waals surface area contributed by atoms with Crippen molar-refractivity contribution in [2.45, 2.75) is 20.5 Å². The van der Waals surface area contributed by atoms with E-state index in [1.807, 2.05) is 62.4 Å². The summed E-state index contributed by atoms with van der Waals surface area (Å²) < 4.78 is 10.8. The van der Waals surface area contributed by atoms with Crippen LogP contribution in [0.3, 0.4) is 0 Å². The zero-order chi connectivity index (χ0) is 18.5. The van der Waals surface area contributed by atoms with Crippen LogP contribution in [0, 0.1) is 13.8 Å². The topological polar surface area (TPSA) is 68.5 Å². The number of anilines is 1. The van der Waals surface area contributed by atoms with Gasteiger partial charge < -0.3 is 14.5 Å². The number of carbonyl (C=O) groups is 1. The molecule has 0 saturated heterocycles. The number of amides is 1. The lowest BCUT2D eigenvalue weighted by atomic mass is 10.1. The fraction of sp³-hybridized carbons (Fsp3) is 0.143. The molecular formula is C21H19NO4. The lowest BCUT2D eigenvalue weighted by Crippen LogP contribution is -2.16. The molecule has 1 N–H and O–H groups in total. The highest BCUT2D eigenvalue weighted by molar-refractivity contribution is 6.02. The Balaban J connectivity index is 1.70. The van der Waals surface area contributed by atoms with Crippen LogP contribution < -0.4 is 15.5 Å². The molecular weight excluding hydrogens is 330 g/mol. The van der Waals surface area contributed by atoms with Gasteiger partial charge in [-0.15, -0.1) is 0 Å². The Morgan fingerprint density at radius 3 is 2.38 bits per heavy atom. The molecule has 0 spiro atoms. The van der Waals surface area contributed by atoms with E-state index in [1.165, 1.54) is 6.26 Å². The molecule has 1 heterocycles. The summed E-state index contributed by atoms with van der Waals surface area (Å²) in [5.41, 5.74) is 3.25. The number of hydrogen-bond acceptors (Lipinski definition) is 4. The molecule has 0 aliphatic rings. The molecule has 3 rings (SSSR count). The molecule has 2 aromatic carbocycles. The molecule has 0 radical (unpaired) electrons. The lowest BCUT2D eigenvalue weighted by molar-refractivity contribution is 0.0993. The van der Waals surface area contributed by atoms with Gasteiger partial charge in [0.2, 0.25) is 11.2 Å². The van der Waals surface area contributed by atoms with E-state index in [0.717, 1.165) is 22.8 Å². The van der Waals surface area contributed by atoms with Crippen LogP contribution in [0.2, 0.25) is 0 Å². The Labute approximate surface area is 151 Å². The third-order valence-electron chi connectivity index (χ3n) is 3.74. The summed E-state index contributed by atoms with van der Waals surface area (Å²) in [5.74, 6) is -0.486. The highest BCUT2D eigenvalue weighted by Gasteiger charge is 2.13. The summed E-state index contributed by atoms with van der Waals surface area (Å²) in [6, 6.07) is 16.3. The number of ether oxygens (including phenoxy) is 1. The Hall–Kier alpha value is -3.34. The molecule has 1 aromatic heterocycles. The van der Waals surface area contributed by atoms with Gasteiger partial charge in [0.15, 0.2) is 5.76 Å². The van der Waals surface area contributed by atoms with E-state index in [0.29, 0.717) is 5.69 Å². The quantitative estimate of drug-likeness (QED) is 0.753. The number of aryl methyl sites for hydroxylation is 2. The molecule has 0 fully saturated rings. The van der Waals surface area contributed by atoms with Crippen molar-refractivity contribution in [1.29, 1.82) is 0 Å². The van der Waals surface area contributed by atoms with E-state index in [1.54, 1.807) is 0 Å². The van der Waals surface area contributed by atoms with Gasteiger partial charge in [-0.25, -0.2) is 0 Å². The number of benzene rings is 2. The van der Waals surface area contributed by atoms with Gasteiger partial charge in [0.25, 0.3) is 5.91 Å². The SMILES string of the molecule is Cc1cc(C)cc(NC(=O)c2cc(=O)c(OCc3ccccc3)co2)c1. The summed E-state index contributed by atoms with van der Waals surface area (Å²) in [5, 5.41) is 2.73. The van der Waals surface area contributed by atoms with Crippen LogP contribution in [0.15, 0.2) is 70.1 Å². The van der Waals surface area contributed by atoms with Crippen molar-refractivity contribution in [1.82, 2.24) is 0 Å². The second-order valence-corrected chi connectivity index (χ2v) is 6.08. The molecule has 0 unspecified atom stereocenters. The van der Waals surface area contributed by atoms with Crippen LogP contribution in [-0.4, -0.2) is 5.91 Å². The molecule has 0 aliphatic heterocycles. The van der Waals surface area contributed by atoms with Crippen molar-refractivity contribution in [2.75, 3.05) is 5.32 Å². The van der Waals surface area contributed by atoms with E-state index in [4.69, 9.17) is 9.15 Å². The van der Waals surface area contributed by atoms with Crippen molar-refractivity contribution in [3.63, 3.8) is 0 Å². The van der Waals surface area contributed by atoms with Crippen LogP contribution in [0.4, 0.5) is 5.69 Å². The number of rotatable bonds is 5. The Morgan fingerprint density at radius 1 is 1.04 bits per heavy atom. The van der Waals surface area contributed by atoms with Crippen LogP contribution in [0.5, 0.6) is 5.75 Å². The fourth-order valence-electron chi connectivity index (χ4n) is 2.60. The first-order valence-corrected chi connectivity index (χ1v) is 8.20. The lowest BCUT2D eigenvalue weighted by Gasteiger charge is -2.08. The highest BCUT2D eigenvalue weighted by Crippen LogP contribution is 2.15. The molecule has 132 valence electrons. The molecule has 26 heavy (non-hydrogen) atoms. The average Bonchev–Trinajstić information content (AvgIpc) is 2.60. The minimum absolute atomic E-state index is 0.0665. The third kappa shape index (κ3) is 4.39. The van der Waals surface area contributed by atoms with Gasteiger partial charge in [0.05, 0.1) is 0 Å². The van der Waals surface area contributed by atoms with E-state index < -0.39 is 11.3 Å². The zero-order valence-corrected chi connectivity index (χ0v) is 14.6. The van der Waals surface area contributed by atoms with Gasteiger partial charge in [0, 0.05) is 11.8 Å². The summed E-state index contributed by atoms with van der Waals surface area (Å²) in [6.07, 6.45) is 1.17. The smallest absolute Gasteiger partial charge is 0.291 e. The van der Waals surface area contributed by atoms with Gasteiger partial charge in [0.1, 0.15) is 12.9 Å². The molecule has 0 atom stereocenters. The minimum Gasteiger partial charge on any atom is -0.482 e. The van der Waals surface area contributed by atoms with E-state index in [2.05, 4.69) is 5.32 Å². The molecule has 5 nitrogen and oxygen atoms in total. The first kappa shape index (κ1) is 17.5. The number of hydrogen-bond donors (Lipinski definition) is 1. The van der Waals surface area contributed by atoms with Gasteiger partial charge in [-0.05, 0) is 42.7 Å². The number of nitrogens with one attached hydrogen (secondary N) is 1. The van der Waals surface area contributed by atoms with E-state index in [-0.39, 0.29) is 18.1 Å². The predicted molar refractivity (Wildman–Crippen MR) is 99.6 cm³/mol. The van der Waals surface area contributed by atoms with Crippen LogP contribution in [-0.2, 0) is 6.61 Å². The van der Waals surface area contributed by atoms with E-state index >= 15 is 0 Å². The monoisotopic (exact) mass is 349 g/mol. The van der Waals surface area contributed by atoms with Crippen molar-refractivity contribution < 1.29 is 13.9 Å². The van der Waals surface area contributed by atoms with Crippen LogP contribution >= 0.6 is 0 Å². The van der Waals surface area contributed by atoms with Gasteiger partial charge in [-0.2, -0.15) is 0 Å². The first-order chi connectivity index (χ1) is 12.5. The zero-order valence-electron chi connectivity index (χ0n) is 14.6. The van der Waals surface area contributed by atoms with E-state index in [9.17, 15) is 9.59 Å². The minimum atomic E-state index is -0.485. The maximum absolute atomic E-state index is 12.3. The Bertz CT molecular complexity index is 957. The highest BCUT2D eigenvalue weighted by atomic mass is 16.5. The van der Waals surface area contributed by atoms with Gasteiger partial charge in [-0.1, -0.05) is 36.4 Å². The largest absolute Gasteiger partial charge is 0.482 e. The normalized spacial score (nSPS) is 10.4. The Morgan fingerprint density at radius 2 is 1.73 bits per heavy atom. The van der Waals surface area contributed by atoms with Crippen molar-refractivity contribution in [3.05, 3.63) is 93.5 Å². The van der Waals surface area contributed by atoms with Crippen LogP contribution in [0.25, 0.3) is 0 Å². The Kier molecular flexibility index (Phi) is 5.17. The molecule has 3 aromatic rings. The average molecular weight is 349 g/mol. The van der Waals surface area contributed by atoms with Crippen LogP contribution in [0.1, 0.15) is 27.2 Å². The molecule has 0 bridgehead atoms. The molecule has 0 aliphatic carbocycles. The molecule has 0 saturated carbocycles. The summed E-state index contributed by atoms with van der Waals surface area (Å²) in [4.78, 5) is 24.5.